The molecule has 1 aliphatic rings. The molecule has 0 aromatic carbocycles. The highest BCUT2D eigenvalue weighted by Gasteiger charge is 2.23. The molecule has 3 rings (SSSR count). The molecule has 0 radical (unpaired) electrons. The molecule has 5 nitrogen and oxygen atoms in total. The maximum atomic E-state index is 11.8. The van der Waals surface area contributed by atoms with E-state index in [4.69, 9.17) is 0 Å². The van der Waals surface area contributed by atoms with Crippen molar-refractivity contribution in [2.24, 2.45) is 0 Å². The van der Waals surface area contributed by atoms with E-state index in [2.05, 4.69) is 46.2 Å². The van der Waals surface area contributed by atoms with Crippen LogP contribution in [0.3, 0.4) is 0 Å². The fourth-order valence-electron chi connectivity index (χ4n) is 2.24. The van der Waals surface area contributed by atoms with Crippen molar-refractivity contribution in [3.05, 3.63) is 15.8 Å². The van der Waals surface area contributed by atoms with Gasteiger partial charge in [-0.1, -0.05) is 11.8 Å². The second-order valence-electron chi connectivity index (χ2n) is 5.51. The highest BCUT2D eigenvalue weighted by Crippen LogP contribution is 2.31. The number of thioether (sulfide) groups is 1. The number of nitrogens with zero attached hydrogens (tertiary/aromatic N) is 3. The SMILES string of the molecule is CCn1c(SCC(=O)NC2CC2)nnc1-c1csc(C)c1C. The first-order valence-corrected chi connectivity index (χ1v) is 9.37. The van der Waals surface area contributed by atoms with Gasteiger partial charge >= 0.3 is 0 Å². The molecule has 0 bridgehead atoms. The second kappa shape index (κ2) is 6.42. The zero-order valence-electron chi connectivity index (χ0n) is 13.0. The van der Waals surface area contributed by atoms with Crippen molar-refractivity contribution >= 4 is 29.0 Å². The lowest BCUT2D eigenvalue weighted by Crippen LogP contribution is -2.27. The third-order valence-electron chi connectivity index (χ3n) is 3.83. The van der Waals surface area contributed by atoms with Crippen LogP contribution < -0.4 is 5.32 Å². The van der Waals surface area contributed by atoms with Crippen LogP contribution in [-0.4, -0.2) is 32.5 Å². The van der Waals surface area contributed by atoms with Crippen LogP contribution in [0.15, 0.2) is 10.5 Å². The monoisotopic (exact) mass is 336 g/mol. The van der Waals surface area contributed by atoms with Crippen molar-refractivity contribution in [2.75, 3.05) is 5.75 Å². The van der Waals surface area contributed by atoms with Crippen LogP contribution in [0.5, 0.6) is 0 Å². The fourth-order valence-corrected chi connectivity index (χ4v) is 3.92. The Labute approximate surface area is 138 Å². The predicted octanol–water partition coefficient (Wildman–Crippen LogP) is 3.01. The highest BCUT2D eigenvalue weighted by molar-refractivity contribution is 7.99. The van der Waals surface area contributed by atoms with Gasteiger partial charge in [0.2, 0.25) is 5.91 Å². The molecule has 0 saturated heterocycles. The number of nitrogens with one attached hydrogen (secondary N) is 1. The zero-order chi connectivity index (χ0) is 15.7. The van der Waals surface area contributed by atoms with Gasteiger partial charge in [-0.25, -0.2) is 0 Å². The van der Waals surface area contributed by atoms with Gasteiger partial charge < -0.3 is 9.88 Å². The van der Waals surface area contributed by atoms with Gasteiger partial charge in [0.05, 0.1) is 5.75 Å². The molecule has 0 atom stereocenters. The van der Waals surface area contributed by atoms with Gasteiger partial charge in [0.15, 0.2) is 11.0 Å². The van der Waals surface area contributed by atoms with Crippen LogP contribution >= 0.6 is 23.1 Å². The number of hydrogen-bond donors (Lipinski definition) is 1. The van der Waals surface area contributed by atoms with E-state index >= 15 is 0 Å². The summed E-state index contributed by atoms with van der Waals surface area (Å²) in [4.78, 5) is 13.1. The number of thiophene rings is 1. The molecule has 1 aliphatic carbocycles. The number of hydrogen-bond acceptors (Lipinski definition) is 5. The first kappa shape index (κ1) is 15.6. The summed E-state index contributed by atoms with van der Waals surface area (Å²) in [6.45, 7) is 7.11. The van der Waals surface area contributed by atoms with E-state index in [9.17, 15) is 4.79 Å². The smallest absolute Gasteiger partial charge is 0.230 e. The number of amides is 1. The normalized spacial score (nSPS) is 14.3. The quantitative estimate of drug-likeness (QED) is 0.824. The van der Waals surface area contributed by atoms with Gasteiger partial charge in [-0.15, -0.1) is 21.5 Å². The number of rotatable bonds is 6. The van der Waals surface area contributed by atoms with E-state index < -0.39 is 0 Å². The summed E-state index contributed by atoms with van der Waals surface area (Å²) < 4.78 is 2.09. The molecule has 0 aliphatic heterocycles. The van der Waals surface area contributed by atoms with Gasteiger partial charge in [-0.05, 0) is 39.2 Å². The number of carbonyl (C=O) groups is 1. The zero-order valence-corrected chi connectivity index (χ0v) is 14.7. The predicted molar refractivity (Wildman–Crippen MR) is 90.4 cm³/mol. The number of aromatic nitrogens is 3. The Hall–Kier alpha value is -1.34. The van der Waals surface area contributed by atoms with Crippen molar-refractivity contribution in [3.8, 4) is 11.4 Å². The summed E-state index contributed by atoms with van der Waals surface area (Å²) in [5, 5.41) is 14.6. The lowest BCUT2D eigenvalue weighted by Gasteiger charge is -2.07. The van der Waals surface area contributed by atoms with Crippen LogP contribution in [0.1, 0.15) is 30.2 Å². The molecule has 2 heterocycles. The Bertz CT molecular complexity index is 688. The molecule has 1 N–H and O–H groups in total. The molecular formula is C15H20N4OS2. The summed E-state index contributed by atoms with van der Waals surface area (Å²) in [7, 11) is 0. The molecule has 2 aromatic heterocycles. The first-order chi connectivity index (χ1) is 10.6. The van der Waals surface area contributed by atoms with Crippen LogP contribution in [0.25, 0.3) is 11.4 Å². The maximum absolute atomic E-state index is 11.8. The van der Waals surface area contributed by atoms with Gasteiger partial charge in [0.25, 0.3) is 0 Å². The summed E-state index contributed by atoms with van der Waals surface area (Å²) >= 11 is 3.19. The van der Waals surface area contributed by atoms with Crippen molar-refractivity contribution in [1.29, 1.82) is 0 Å². The Morgan fingerprint density at radius 3 is 2.82 bits per heavy atom. The molecule has 22 heavy (non-hydrogen) atoms. The molecule has 0 spiro atoms. The molecule has 1 amide bonds. The lowest BCUT2D eigenvalue weighted by atomic mass is 10.1. The average Bonchev–Trinajstić information content (AvgIpc) is 3.13. The minimum atomic E-state index is 0.0854. The number of carbonyl (C=O) groups excluding carboxylic acids is 1. The van der Waals surface area contributed by atoms with Crippen molar-refractivity contribution in [3.63, 3.8) is 0 Å². The van der Waals surface area contributed by atoms with Crippen LogP contribution in [-0.2, 0) is 11.3 Å². The van der Waals surface area contributed by atoms with Crippen molar-refractivity contribution in [1.82, 2.24) is 20.1 Å². The van der Waals surface area contributed by atoms with E-state index in [1.54, 1.807) is 11.3 Å². The fraction of sp³-hybridized carbons (Fsp3) is 0.533. The van der Waals surface area contributed by atoms with E-state index in [0.29, 0.717) is 11.8 Å². The Morgan fingerprint density at radius 2 is 2.23 bits per heavy atom. The van der Waals surface area contributed by atoms with Crippen LogP contribution in [0.4, 0.5) is 0 Å². The summed E-state index contributed by atoms with van der Waals surface area (Å²) in [5.41, 5.74) is 2.40. The molecule has 7 heteroatoms. The minimum absolute atomic E-state index is 0.0854. The minimum Gasteiger partial charge on any atom is -0.353 e. The highest BCUT2D eigenvalue weighted by atomic mass is 32.2. The molecule has 2 aromatic rings. The first-order valence-electron chi connectivity index (χ1n) is 7.50. The lowest BCUT2D eigenvalue weighted by molar-refractivity contribution is -0.118. The van der Waals surface area contributed by atoms with Crippen molar-refractivity contribution < 1.29 is 4.79 Å². The van der Waals surface area contributed by atoms with Crippen LogP contribution in [0, 0.1) is 13.8 Å². The van der Waals surface area contributed by atoms with Gasteiger partial charge in [-0.2, -0.15) is 0 Å². The topological polar surface area (TPSA) is 59.8 Å². The van der Waals surface area contributed by atoms with E-state index in [1.165, 1.54) is 22.2 Å². The van der Waals surface area contributed by atoms with Gasteiger partial charge in [0, 0.05) is 28.4 Å². The third-order valence-corrected chi connectivity index (χ3v) is 5.81. The molecular weight excluding hydrogens is 316 g/mol. The van der Waals surface area contributed by atoms with Crippen LogP contribution in [0.2, 0.25) is 0 Å². The maximum Gasteiger partial charge on any atom is 0.230 e. The standard InChI is InChI=1S/C15H20N4OS2/c1-4-19-14(12-7-21-10(3)9(12)2)17-18-15(19)22-8-13(20)16-11-5-6-11/h7,11H,4-6,8H2,1-3H3,(H,16,20). The molecule has 118 valence electrons. The van der Waals surface area contributed by atoms with E-state index in [1.807, 2.05) is 0 Å². The molecule has 1 saturated carbocycles. The van der Waals surface area contributed by atoms with Crippen molar-refractivity contribution in [2.45, 2.75) is 51.4 Å². The van der Waals surface area contributed by atoms with E-state index in [-0.39, 0.29) is 5.91 Å². The number of aryl methyl sites for hydroxylation is 1. The van der Waals surface area contributed by atoms with E-state index in [0.717, 1.165) is 35.9 Å². The summed E-state index contributed by atoms with van der Waals surface area (Å²) in [6.07, 6.45) is 2.23. The average molecular weight is 336 g/mol. The van der Waals surface area contributed by atoms with Gasteiger partial charge in [0.1, 0.15) is 0 Å². The summed E-state index contributed by atoms with van der Waals surface area (Å²) in [5.74, 6) is 1.38. The molecule has 1 fully saturated rings. The Morgan fingerprint density at radius 1 is 1.45 bits per heavy atom. The summed E-state index contributed by atoms with van der Waals surface area (Å²) in [6, 6.07) is 0.407. The third kappa shape index (κ3) is 3.20. The molecule has 0 unspecified atom stereocenters. The Kier molecular flexibility index (Phi) is 4.54. The largest absolute Gasteiger partial charge is 0.353 e. The second-order valence-corrected chi connectivity index (χ2v) is 7.54. The Balaban J connectivity index is 1.75. The van der Waals surface area contributed by atoms with Gasteiger partial charge in [-0.3, -0.25) is 4.79 Å².